The molecule has 20 heavy (non-hydrogen) atoms. The number of aromatic amines is 1. The van der Waals surface area contributed by atoms with Crippen LogP contribution in [0, 0.1) is 0 Å². The third-order valence-corrected chi connectivity index (χ3v) is 2.83. The van der Waals surface area contributed by atoms with Crippen molar-refractivity contribution in [2.45, 2.75) is 6.42 Å². The molecule has 2 rings (SSSR count). The third-order valence-electron chi connectivity index (χ3n) is 2.83. The first kappa shape index (κ1) is 13.7. The van der Waals surface area contributed by atoms with E-state index in [-0.39, 0.29) is 30.1 Å². The summed E-state index contributed by atoms with van der Waals surface area (Å²) in [7, 11) is 1.53. The third kappa shape index (κ3) is 2.82. The molecule has 0 atom stereocenters. The van der Waals surface area contributed by atoms with Crippen LogP contribution < -0.4 is 16.2 Å². The molecule has 2 amide bonds. The number of fused-ring (bicyclic) bond motifs is 1. The van der Waals surface area contributed by atoms with E-state index in [2.05, 4.69) is 20.8 Å². The number of amides is 2. The van der Waals surface area contributed by atoms with Crippen LogP contribution in [0.3, 0.4) is 0 Å². The van der Waals surface area contributed by atoms with E-state index in [4.69, 9.17) is 0 Å². The van der Waals surface area contributed by atoms with Crippen LogP contribution in [0.2, 0.25) is 0 Å². The van der Waals surface area contributed by atoms with Crippen LogP contribution >= 0.6 is 0 Å². The van der Waals surface area contributed by atoms with Crippen LogP contribution in [0.5, 0.6) is 0 Å². The van der Waals surface area contributed by atoms with Crippen LogP contribution in [0.4, 0.5) is 0 Å². The number of nitrogens with zero attached hydrogens (tertiary/aromatic N) is 1. The van der Waals surface area contributed by atoms with Gasteiger partial charge in [0, 0.05) is 25.4 Å². The van der Waals surface area contributed by atoms with Crippen molar-refractivity contribution in [1.29, 1.82) is 0 Å². The van der Waals surface area contributed by atoms with E-state index in [1.54, 1.807) is 24.3 Å². The van der Waals surface area contributed by atoms with E-state index >= 15 is 0 Å². The Morgan fingerprint density at radius 1 is 1.25 bits per heavy atom. The van der Waals surface area contributed by atoms with Crippen molar-refractivity contribution in [2.75, 3.05) is 13.6 Å². The molecule has 3 N–H and O–H groups in total. The summed E-state index contributed by atoms with van der Waals surface area (Å²) in [5, 5.41) is 12.0. The zero-order valence-corrected chi connectivity index (χ0v) is 10.9. The standard InChI is InChI=1S/C13H14N4O3/c1-14-10(18)6-7-15-13(20)11-8-4-2-3-5-9(8)12(19)17-16-11/h2-5H,6-7H2,1H3,(H,14,18)(H,15,20)(H,17,19). The summed E-state index contributed by atoms with van der Waals surface area (Å²) in [6, 6.07) is 6.72. The van der Waals surface area contributed by atoms with Crippen molar-refractivity contribution in [3.63, 3.8) is 0 Å². The van der Waals surface area contributed by atoms with Gasteiger partial charge in [-0.25, -0.2) is 5.10 Å². The molecule has 1 aromatic carbocycles. The minimum Gasteiger partial charge on any atom is -0.359 e. The highest BCUT2D eigenvalue weighted by atomic mass is 16.2. The molecule has 0 bridgehead atoms. The first-order valence-corrected chi connectivity index (χ1v) is 6.09. The van der Waals surface area contributed by atoms with Gasteiger partial charge in [-0.15, -0.1) is 0 Å². The van der Waals surface area contributed by atoms with Gasteiger partial charge in [-0.2, -0.15) is 5.10 Å². The summed E-state index contributed by atoms with van der Waals surface area (Å²) in [5.74, 6) is -0.592. The predicted molar refractivity (Wildman–Crippen MR) is 73.4 cm³/mol. The molecule has 0 aliphatic heterocycles. The zero-order chi connectivity index (χ0) is 14.5. The van der Waals surface area contributed by atoms with Gasteiger partial charge in [-0.1, -0.05) is 18.2 Å². The first-order valence-electron chi connectivity index (χ1n) is 6.09. The van der Waals surface area contributed by atoms with Gasteiger partial charge in [0.05, 0.1) is 5.39 Å². The van der Waals surface area contributed by atoms with Crippen LogP contribution in [-0.2, 0) is 4.79 Å². The normalized spacial score (nSPS) is 10.2. The van der Waals surface area contributed by atoms with E-state index in [9.17, 15) is 14.4 Å². The van der Waals surface area contributed by atoms with E-state index < -0.39 is 5.91 Å². The Kier molecular flexibility index (Phi) is 4.09. The number of hydrogen-bond donors (Lipinski definition) is 3. The molecule has 0 aliphatic carbocycles. The lowest BCUT2D eigenvalue weighted by atomic mass is 10.1. The molecule has 104 valence electrons. The number of aromatic nitrogens is 2. The van der Waals surface area contributed by atoms with Gasteiger partial charge in [0.1, 0.15) is 0 Å². The Morgan fingerprint density at radius 2 is 1.95 bits per heavy atom. The molecule has 0 radical (unpaired) electrons. The minimum atomic E-state index is -0.429. The molecule has 0 unspecified atom stereocenters. The molecule has 7 nitrogen and oxygen atoms in total. The smallest absolute Gasteiger partial charge is 0.272 e. The minimum absolute atomic E-state index is 0.136. The Bertz CT molecular complexity index is 708. The molecule has 1 heterocycles. The summed E-state index contributed by atoms with van der Waals surface area (Å²) in [6.07, 6.45) is 0.184. The number of carbonyl (C=O) groups is 2. The van der Waals surface area contributed by atoms with Gasteiger partial charge in [0.15, 0.2) is 5.69 Å². The van der Waals surface area contributed by atoms with E-state index in [1.165, 1.54) is 7.05 Å². The molecule has 0 aliphatic rings. The quantitative estimate of drug-likeness (QED) is 0.717. The Balaban J connectivity index is 2.21. The number of hydrogen-bond acceptors (Lipinski definition) is 4. The maximum atomic E-state index is 12.0. The average molecular weight is 274 g/mol. The maximum Gasteiger partial charge on any atom is 0.272 e. The van der Waals surface area contributed by atoms with Gasteiger partial charge in [-0.3, -0.25) is 14.4 Å². The molecular formula is C13H14N4O3. The van der Waals surface area contributed by atoms with E-state index in [1.807, 2.05) is 0 Å². The highest BCUT2D eigenvalue weighted by Gasteiger charge is 2.13. The van der Waals surface area contributed by atoms with Gasteiger partial charge >= 0.3 is 0 Å². The van der Waals surface area contributed by atoms with Gasteiger partial charge in [0.2, 0.25) is 5.91 Å². The summed E-state index contributed by atoms with van der Waals surface area (Å²) in [6.45, 7) is 0.202. The monoisotopic (exact) mass is 274 g/mol. The number of H-pyrrole nitrogens is 1. The van der Waals surface area contributed by atoms with Crippen LogP contribution in [0.15, 0.2) is 29.1 Å². The summed E-state index contributed by atoms with van der Waals surface area (Å²) >= 11 is 0. The second kappa shape index (κ2) is 5.96. The van der Waals surface area contributed by atoms with Crippen molar-refractivity contribution in [3.05, 3.63) is 40.3 Å². The molecule has 7 heteroatoms. The first-order chi connectivity index (χ1) is 9.63. The van der Waals surface area contributed by atoms with E-state index in [0.29, 0.717) is 10.8 Å². The number of carbonyl (C=O) groups excluding carboxylic acids is 2. The molecule has 0 spiro atoms. The lowest BCUT2D eigenvalue weighted by molar-refractivity contribution is -0.120. The van der Waals surface area contributed by atoms with E-state index in [0.717, 1.165) is 0 Å². The molecular weight excluding hydrogens is 260 g/mol. The number of benzene rings is 1. The van der Waals surface area contributed by atoms with Gasteiger partial charge in [-0.05, 0) is 6.07 Å². The molecule has 0 saturated heterocycles. The average Bonchev–Trinajstić information content (AvgIpc) is 2.47. The highest BCUT2D eigenvalue weighted by molar-refractivity contribution is 6.04. The molecule has 2 aromatic rings. The lowest BCUT2D eigenvalue weighted by Crippen LogP contribution is -2.30. The second-order valence-corrected chi connectivity index (χ2v) is 4.13. The highest BCUT2D eigenvalue weighted by Crippen LogP contribution is 2.11. The Labute approximate surface area is 114 Å². The van der Waals surface area contributed by atoms with Crippen LogP contribution in [0.25, 0.3) is 10.8 Å². The van der Waals surface area contributed by atoms with Crippen LogP contribution in [-0.4, -0.2) is 35.6 Å². The lowest BCUT2D eigenvalue weighted by Gasteiger charge is -2.06. The SMILES string of the molecule is CNC(=O)CCNC(=O)c1n[nH]c(=O)c2ccccc12. The predicted octanol–water partition coefficient (Wildman–Crippen LogP) is -0.211. The number of rotatable bonds is 4. The van der Waals surface area contributed by atoms with Gasteiger partial charge in [0.25, 0.3) is 11.5 Å². The summed E-state index contributed by atoms with van der Waals surface area (Å²) in [4.78, 5) is 34.7. The van der Waals surface area contributed by atoms with Crippen molar-refractivity contribution in [2.24, 2.45) is 0 Å². The Morgan fingerprint density at radius 3 is 2.65 bits per heavy atom. The van der Waals surface area contributed by atoms with Crippen LogP contribution in [0.1, 0.15) is 16.9 Å². The fraction of sp³-hybridized carbons (Fsp3) is 0.231. The summed E-state index contributed by atoms with van der Waals surface area (Å²) < 4.78 is 0. The maximum absolute atomic E-state index is 12.0. The van der Waals surface area contributed by atoms with Gasteiger partial charge < -0.3 is 10.6 Å². The largest absolute Gasteiger partial charge is 0.359 e. The molecule has 1 aromatic heterocycles. The molecule has 0 saturated carbocycles. The molecule has 0 fully saturated rings. The second-order valence-electron chi connectivity index (χ2n) is 4.13. The van der Waals surface area contributed by atoms with Crippen molar-refractivity contribution in [3.8, 4) is 0 Å². The fourth-order valence-corrected chi connectivity index (χ4v) is 1.79. The zero-order valence-electron chi connectivity index (χ0n) is 10.9. The fourth-order valence-electron chi connectivity index (χ4n) is 1.79. The number of nitrogens with one attached hydrogen (secondary N) is 3. The van der Waals surface area contributed by atoms with Crippen molar-refractivity contribution >= 4 is 22.6 Å². The Hall–Kier alpha value is -2.70. The van der Waals surface area contributed by atoms with Crippen molar-refractivity contribution in [1.82, 2.24) is 20.8 Å². The topological polar surface area (TPSA) is 104 Å². The van der Waals surface area contributed by atoms with Crippen molar-refractivity contribution < 1.29 is 9.59 Å². The summed E-state index contributed by atoms with van der Waals surface area (Å²) in [5.41, 5.74) is -0.209.